The summed E-state index contributed by atoms with van der Waals surface area (Å²) in [5, 5.41) is 25.7. The molecule has 34 heavy (non-hydrogen) atoms. The van der Waals surface area contributed by atoms with Gasteiger partial charge in [0.2, 0.25) is 0 Å². The van der Waals surface area contributed by atoms with E-state index in [1.165, 1.54) is 16.8 Å². The largest absolute Gasteiger partial charge is 0.507 e. The molecular formula is C21H20ClF5N4O3. The van der Waals surface area contributed by atoms with Crippen molar-refractivity contribution in [3.05, 3.63) is 58.4 Å². The van der Waals surface area contributed by atoms with Crippen molar-refractivity contribution in [2.45, 2.75) is 39.6 Å². The number of aromatic hydroxyl groups is 1. The molecule has 1 amide bonds. The Hall–Kier alpha value is -3.25. The van der Waals surface area contributed by atoms with Crippen LogP contribution in [-0.4, -0.2) is 37.1 Å². The summed E-state index contributed by atoms with van der Waals surface area (Å²) in [6.45, 7) is 2.87. The Morgan fingerprint density at radius 2 is 1.82 bits per heavy atom. The zero-order valence-corrected chi connectivity index (χ0v) is 18.7. The number of aromatic nitrogens is 3. The first-order valence-electron chi connectivity index (χ1n) is 9.81. The molecule has 0 saturated carbocycles. The van der Waals surface area contributed by atoms with E-state index in [0.717, 1.165) is 25.1 Å². The van der Waals surface area contributed by atoms with Gasteiger partial charge in [-0.3, -0.25) is 4.79 Å². The highest BCUT2D eigenvalue weighted by Crippen LogP contribution is 2.30. The van der Waals surface area contributed by atoms with Gasteiger partial charge in [-0.2, -0.15) is 18.3 Å². The number of amides is 1. The van der Waals surface area contributed by atoms with Crippen molar-refractivity contribution in [2.24, 2.45) is 0 Å². The second-order valence-electron chi connectivity index (χ2n) is 6.69. The molecular weight excluding hydrogens is 487 g/mol. The van der Waals surface area contributed by atoms with E-state index in [1.54, 1.807) is 6.92 Å². The molecule has 0 aliphatic carbocycles. The summed E-state index contributed by atoms with van der Waals surface area (Å²) in [5.41, 5.74) is -0.855. The number of aliphatic hydroxyl groups is 1. The molecule has 3 rings (SSSR count). The third-order valence-electron chi connectivity index (χ3n) is 4.36. The van der Waals surface area contributed by atoms with Gasteiger partial charge in [0.15, 0.2) is 11.6 Å². The van der Waals surface area contributed by atoms with Crippen molar-refractivity contribution in [3.8, 4) is 17.1 Å². The summed E-state index contributed by atoms with van der Waals surface area (Å²) in [6, 6.07) is 5.61. The maximum atomic E-state index is 14.6. The lowest BCUT2D eigenvalue weighted by Gasteiger charge is -2.10. The SMILES string of the molecule is CCC(F)(F)F.CCn1nc(-c2cc(O)c(C(=O)Nc3c(F)cccc3Cl)cc2F)nc1CO. The Morgan fingerprint density at radius 3 is 2.32 bits per heavy atom. The second kappa shape index (κ2) is 11.3. The number of para-hydroxylation sites is 1. The van der Waals surface area contributed by atoms with Gasteiger partial charge >= 0.3 is 6.18 Å². The molecule has 0 bridgehead atoms. The van der Waals surface area contributed by atoms with Gasteiger partial charge in [-0.1, -0.05) is 24.6 Å². The fourth-order valence-corrected chi connectivity index (χ4v) is 2.78. The lowest BCUT2D eigenvalue weighted by atomic mass is 10.1. The molecule has 13 heteroatoms. The fourth-order valence-electron chi connectivity index (χ4n) is 2.57. The monoisotopic (exact) mass is 506 g/mol. The fraction of sp³-hybridized carbons (Fsp3) is 0.286. The standard InChI is InChI=1S/C18H15ClF2N4O3.C3H5F3/c1-2-25-15(8-26)22-17(24-25)9-7-14(27)10(6-13(9)21)18(28)23-16-11(19)4-3-5-12(16)20;1-2-3(4,5)6/h3-7,26-27H,2,8H2,1H3,(H,23,28);2H2,1H3. The molecule has 0 aliphatic heterocycles. The normalized spacial score (nSPS) is 11.1. The lowest BCUT2D eigenvalue weighted by molar-refractivity contribution is -0.130. The number of aliphatic hydroxyl groups excluding tert-OH is 1. The second-order valence-corrected chi connectivity index (χ2v) is 7.10. The predicted molar refractivity (Wildman–Crippen MR) is 114 cm³/mol. The summed E-state index contributed by atoms with van der Waals surface area (Å²) in [6.07, 6.45) is -4.69. The summed E-state index contributed by atoms with van der Waals surface area (Å²) >= 11 is 5.85. The quantitative estimate of drug-likeness (QED) is 0.407. The van der Waals surface area contributed by atoms with E-state index in [1.807, 2.05) is 0 Å². The highest BCUT2D eigenvalue weighted by molar-refractivity contribution is 6.34. The van der Waals surface area contributed by atoms with Crippen molar-refractivity contribution in [1.82, 2.24) is 14.8 Å². The topological polar surface area (TPSA) is 100 Å². The Morgan fingerprint density at radius 1 is 1.18 bits per heavy atom. The minimum absolute atomic E-state index is 0.0456. The van der Waals surface area contributed by atoms with Crippen LogP contribution in [-0.2, 0) is 13.2 Å². The Bertz CT molecular complexity index is 1130. The Kier molecular flexibility index (Phi) is 8.93. The molecule has 184 valence electrons. The van der Waals surface area contributed by atoms with Gasteiger partial charge in [-0.15, -0.1) is 0 Å². The lowest BCUT2D eigenvalue weighted by Crippen LogP contribution is -2.14. The van der Waals surface area contributed by atoms with Crippen LogP contribution in [0.25, 0.3) is 11.4 Å². The van der Waals surface area contributed by atoms with Crippen LogP contribution >= 0.6 is 11.6 Å². The summed E-state index contributed by atoms with van der Waals surface area (Å²) in [7, 11) is 0. The third kappa shape index (κ3) is 6.64. The molecule has 7 nitrogen and oxygen atoms in total. The Labute approximate surface area is 195 Å². The van der Waals surface area contributed by atoms with E-state index in [9.17, 15) is 37.0 Å². The van der Waals surface area contributed by atoms with Gasteiger partial charge in [0.05, 0.1) is 21.8 Å². The number of hydrogen-bond acceptors (Lipinski definition) is 5. The molecule has 0 saturated heterocycles. The maximum absolute atomic E-state index is 14.6. The number of alkyl halides is 3. The predicted octanol–water partition coefficient (Wildman–Crippen LogP) is 5.31. The number of rotatable bonds is 5. The number of halogens is 6. The van der Waals surface area contributed by atoms with Gasteiger partial charge in [0.1, 0.15) is 24.0 Å². The van der Waals surface area contributed by atoms with Crippen molar-refractivity contribution in [1.29, 1.82) is 0 Å². The van der Waals surface area contributed by atoms with Crippen molar-refractivity contribution in [2.75, 3.05) is 5.32 Å². The highest BCUT2D eigenvalue weighted by atomic mass is 35.5. The van der Waals surface area contributed by atoms with Crippen LogP contribution in [0.4, 0.5) is 27.6 Å². The number of hydrogen-bond donors (Lipinski definition) is 3. The summed E-state index contributed by atoms with van der Waals surface area (Å²) < 4.78 is 62.1. The average Bonchev–Trinajstić information content (AvgIpc) is 3.20. The zero-order chi connectivity index (χ0) is 25.6. The first kappa shape index (κ1) is 27.0. The van der Waals surface area contributed by atoms with Crippen LogP contribution in [0.2, 0.25) is 5.02 Å². The first-order chi connectivity index (χ1) is 15.9. The molecule has 0 spiro atoms. The van der Waals surface area contributed by atoms with E-state index in [2.05, 4.69) is 15.4 Å². The third-order valence-corrected chi connectivity index (χ3v) is 4.68. The number of phenols is 1. The number of carbonyl (C=O) groups excluding carboxylic acids is 1. The van der Waals surface area contributed by atoms with Gasteiger partial charge in [-0.25, -0.2) is 18.4 Å². The van der Waals surface area contributed by atoms with Crippen LogP contribution in [0.5, 0.6) is 5.75 Å². The maximum Gasteiger partial charge on any atom is 0.388 e. The molecule has 0 unspecified atom stereocenters. The van der Waals surface area contributed by atoms with E-state index in [4.69, 9.17) is 11.6 Å². The van der Waals surface area contributed by atoms with Crippen molar-refractivity contribution >= 4 is 23.2 Å². The number of nitrogens with one attached hydrogen (secondary N) is 1. The highest BCUT2D eigenvalue weighted by Gasteiger charge is 2.23. The van der Waals surface area contributed by atoms with E-state index >= 15 is 0 Å². The van der Waals surface area contributed by atoms with Crippen LogP contribution in [0.3, 0.4) is 0 Å². The van der Waals surface area contributed by atoms with Gasteiger partial charge in [-0.05, 0) is 31.2 Å². The zero-order valence-electron chi connectivity index (χ0n) is 17.9. The average molecular weight is 507 g/mol. The molecule has 1 heterocycles. The number of anilines is 1. The van der Waals surface area contributed by atoms with Crippen LogP contribution in [0.1, 0.15) is 36.5 Å². The van der Waals surface area contributed by atoms with Gasteiger partial charge in [0.25, 0.3) is 5.91 Å². The van der Waals surface area contributed by atoms with Crippen LogP contribution < -0.4 is 5.32 Å². The molecule has 3 aromatic rings. The van der Waals surface area contributed by atoms with Crippen LogP contribution in [0, 0.1) is 11.6 Å². The molecule has 0 fully saturated rings. The minimum Gasteiger partial charge on any atom is -0.507 e. The Balaban J connectivity index is 0.000000604. The van der Waals surface area contributed by atoms with Crippen molar-refractivity contribution in [3.63, 3.8) is 0 Å². The van der Waals surface area contributed by atoms with Crippen molar-refractivity contribution < 1.29 is 37.0 Å². The van der Waals surface area contributed by atoms with Crippen LogP contribution in [0.15, 0.2) is 30.3 Å². The van der Waals surface area contributed by atoms with Gasteiger partial charge < -0.3 is 15.5 Å². The van der Waals surface area contributed by atoms with E-state index in [0.29, 0.717) is 6.54 Å². The first-order valence-corrected chi connectivity index (χ1v) is 10.2. The molecule has 1 aromatic heterocycles. The number of benzene rings is 2. The van der Waals surface area contributed by atoms with E-state index < -0.39 is 48.1 Å². The number of aryl methyl sites for hydroxylation is 1. The summed E-state index contributed by atoms with van der Waals surface area (Å²) in [4.78, 5) is 16.4. The smallest absolute Gasteiger partial charge is 0.388 e. The van der Waals surface area contributed by atoms with Gasteiger partial charge in [0, 0.05) is 13.0 Å². The summed E-state index contributed by atoms with van der Waals surface area (Å²) in [5.74, 6) is -2.98. The molecule has 0 radical (unpaired) electrons. The molecule has 0 aliphatic rings. The molecule has 2 aromatic carbocycles. The number of carbonyl (C=O) groups is 1. The number of phenolic OH excluding ortho intramolecular Hbond substituents is 1. The number of nitrogens with zero attached hydrogens (tertiary/aromatic N) is 3. The molecule has 0 atom stereocenters. The minimum atomic E-state index is -3.96. The van der Waals surface area contributed by atoms with E-state index in [-0.39, 0.29) is 27.9 Å². The molecule has 3 N–H and O–H groups in total.